The van der Waals surface area contributed by atoms with Gasteiger partial charge in [0.1, 0.15) is 0 Å². The number of aliphatic hydroxyl groups is 1. The second-order valence-electron chi connectivity index (χ2n) is 4.04. The number of halogens is 13. The van der Waals surface area contributed by atoms with Gasteiger partial charge in [0.05, 0.1) is 0 Å². The van der Waals surface area contributed by atoms with Gasteiger partial charge in [0.2, 0.25) is 0 Å². The normalized spacial score (nSPS) is 16.4. The SMILES string of the molecule is OCCC(F)(F)C(F)(F)OC(F)(C(F)(F)F)C(F)(F)OC(F)=C(F)F. The van der Waals surface area contributed by atoms with Crippen LogP contribution in [0.1, 0.15) is 6.42 Å². The van der Waals surface area contributed by atoms with Gasteiger partial charge in [-0.2, -0.15) is 57.1 Å². The summed E-state index contributed by atoms with van der Waals surface area (Å²) < 4.78 is 167. The minimum absolute atomic E-state index is 1.82. The maximum Gasteiger partial charge on any atom is 0.471 e. The smallest absolute Gasteiger partial charge is 0.398 e. The summed E-state index contributed by atoms with van der Waals surface area (Å²) in [6.45, 7) is -1.82. The Balaban J connectivity index is 6.06. The van der Waals surface area contributed by atoms with Crippen molar-refractivity contribution in [1.29, 1.82) is 0 Å². The predicted octanol–water partition coefficient (Wildman–Crippen LogP) is 4.49. The molecule has 0 aliphatic carbocycles. The van der Waals surface area contributed by atoms with E-state index in [0.717, 1.165) is 0 Å². The van der Waals surface area contributed by atoms with Crippen LogP contribution < -0.4 is 0 Å². The molecular weight excluding hydrogens is 403 g/mol. The maximum absolute atomic E-state index is 13.4. The molecular formula is C9H5F13O3. The Morgan fingerprint density at radius 2 is 1.20 bits per heavy atom. The second-order valence-corrected chi connectivity index (χ2v) is 4.04. The Morgan fingerprint density at radius 1 is 0.760 bits per heavy atom. The third-order valence-electron chi connectivity index (χ3n) is 2.23. The second kappa shape index (κ2) is 7.05. The van der Waals surface area contributed by atoms with E-state index in [9.17, 15) is 57.1 Å². The van der Waals surface area contributed by atoms with E-state index in [1.807, 2.05) is 9.47 Å². The molecule has 0 aromatic rings. The van der Waals surface area contributed by atoms with E-state index in [-0.39, 0.29) is 0 Å². The molecule has 0 aromatic carbocycles. The molecule has 1 atom stereocenters. The van der Waals surface area contributed by atoms with E-state index >= 15 is 0 Å². The molecule has 0 aliphatic heterocycles. The van der Waals surface area contributed by atoms with Crippen LogP contribution in [0, 0.1) is 0 Å². The van der Waals surface area contributed by atoms with E-state index in [1.54, 1.807) is 0 Å². The molecule has 0 bridgehead atoms. The fraction of sp³-hybridized carbons (Fsp3) is 0.778. The zero-order valence-corrected chi connectivity index (χ0v) is 11.1. The number of ether oxygens (including phenoxy) is 2. The largest absolute Gasteiger partial charge is 0.471 e. The van der Waals surface area contributed by atoms with Crippen LogP contribution in [-0.4, -0.2) is 41.9 Å². The molecule has 150 valence electrons. The topological polar surface area (TPSA) is 38.7 Å². The van der Waals surface area contributed by atoms with Gasteiger partial charge in [-0.3, -0.25) is 4.74 Å². The van der Waals surface area contributed by atoms with Crippen molar-refractivity contribution in [2.45, 2.75) is 36.6 Å². The lowest BCUT2D eigenvalue weighted by atomic mass is 10.2. The van der Waals surface area contributed by atoms with E-state index in [4.69, 9.17) is 5.11 Å². The first-order valence-electron chi connectivity index (χ1n) is 5.44. The molecule has 16 heteroatoms. The number of rotatable bonds is 8. The minimum atomic E-state index is -7.29. The Morgan fingerprint density at radius 3 is 1.52 bits per heavy atom. The van der Waals surface area contributed by atoms with Gasteiger partial charge >= 0.3 is 42.3 Å². The fourth-order valence-electron chi connectivity index (χ4n) is 1.04. The van der Waals surface area contributed by atoms with E-state index in [2.05, 4.69) is 0 Å². The summed E-state index contributed by atoms with van der Waals surface area (Å²) in [5.74, 6) is -13.0. The Labute approximate surface area is 128 Å². The Bertz CT molecular complexity index is 495. The van der Waals surface area contributed by atoms with Gasteiger partial charge in [-0.05, 0) is 0 Å². The Kier molecular flexibility index (Phi) is 6.64. The van der Waals surface area contributed by atoms with Crippen molar-refractivity contribution < 1.29 is 71.7 Å². The first kappa shape index (κ1) is 23.5. The van der Waals surface area contributed by atoms with Crippen LogP contribution >= 0.6 is 0 Å². The van der Waals surface area contributed by atoms with Crippen molar-refractivity contribution in [2.24, 2.45) is 0 Å². The van der Waals surface area contributed by atoms with Crippen LogP contribution in [0.5, 0.6) is 0 Å². The quantitative estimate of drug-likeness (QED) is 0.476. The molecule has 0 saturated heterocycles. The lowest BCUT2D eigenvalue weighted by Crippen LogP contribution is -2.63. The number of hydrogen-bond acceptors (Lipinski definition) is 3. The first-order chi connectivity index (χ1) is 10.8. The number of alkyl halides is 10. The molecule has 1 unspecified atom stereocenters. The molecule has 0 amide bonds. The van der Waals surface area contributed by atoms with Crippen molar-refractivity contribution in [3.63, 3.8) is 0 Å². The van der Waals surface area contributed by atoms with Crippen molar-refractivity contribution >= 4 is 0 Å². The van der Waals surface area contributed by atoms with Crippen LogP contribution in [0.25, 0.3) is 0 Å². The van der Waals surface area contributed by atoms with E-state index < -0.39 is 55.3 Å². The lowest BCUT2D eigenvalue weighted by molar-refractivity contribution is -0.517. The minimum Gasteiger partial charge on any atom is -0.398 e. The number of aliphatic hydroxyl groups excluding tert-OH is 1. The summed E-state index contributed by atoms with van der Waals surface area (Å²) in [6.07, 6.45) is -27.1. The first-order valence-corrected chi connectivity index (χ1v) is 5.44. The highest BCUT2D eigenvalue weighted by Gasteiger charge is 2.80. The summed E-state index contributed by atoms with van der Waals surface area (Å²) in [5, 5.41) is 8.07. The van der Waals surface area contributed by atoms with E-state index in [1.165, 1.54) is 0 Å². The van der Waals surface area contributed by atoms with Crippen molar-refractivity contribution in [1.82, 2.24) is 0 Å². The van der Waals surface area contributed by atoms with E-state index in [0.29, 0.717) is 0 Å². The Hall–Kier alpha value is -1.45. The predicted molar refractivity (Wildman–Crippen MR) is 49.0 cm³/mol. The monoisotopic (exact) mass is 408 g/mol. The van der Waals surface area contributed by atoms with Gasteiger partial charge < -0.3 is 9.84 Å². The lowest BCUT2D eigenvalue weighted by Gasteiger charge is -2.37. The highest BCUT2D eigenvalue weighted by atomic mass is 19.4. The summed E-state index contributed by atoms with van der Waals surface area (Å²) >= 11 is 0. The summed E-state index contributed by atoms with van der Waals surface area (Å²) in [5.41, 5.74) is 0. The van der Waals surface area contributed by atoms with Crippen LogP contribution in [0.3, 0.4) is 0 Å². The third kappa shape index (κ3) is 4.80. The molecule has 25 heavy (non-hydrogen) atoms. The molecule has 0 fully saturated rings. The van der Waals surface area contributed by atoms with Gasteiger partial charge in [0.15, 0.2) is 0 Å². The zero-order valence-electron chi connectivity index (χ0n) is 11.1. The molecule has 0 heterocycles. The molecule has 3 nitrogen and oxygen atoms in total. The van der Waals surface area contributed by atoms with Gasteiger partial charge in [-0.15, -0.1) is 0 Å². The highest BCUT2D eigenvalue weighted by molar-refractivity contribution is 4.94. The molecule has 0 aromatic heterocycles. The molecule has 0 radical (unpaired) electrons. The highest BCUT2D eigenvalue weighted by Crippen LogP contribution is 2.53. The molecule has 1 N–H and O–H groups in total. The van der Waals surface area contributed by atoms with Crippen LogP contribution in [0.4, 0.5) is 57.1 Å². The summed E-state index contributed by atoms with van der Waals surface area (Å²) in [4.78, 5) is 0. The van der Waals surface area contributed by atoms with Crippen LogP contribution in [0.15, 0.2) is 12.1 Å². The molecule has 0 aliphatic rings. The number of hydrogen-bond donors (Lipinski definition) is 1. The van der Waals surface area contributed by atoms with Gasteiger partial charge in [-0.1, -0.05) is 0 Å². The van der Waals surface area contributed by atoms with Crippen molar-refractivity contribution in [3.05, 3.63) is 12.1 Å². The fourth-order valence-corrected chi connectivity index (χ4v) is 1.04. The molecule has 0 rings (SSSR count). The van der Waals surface area contributed by atoms with Crippen LogP contribution in [-0.2, 0) is 9.47 Å². The zero-order chi connectivity index (χ0) is 20.5. The summed E-state index contributed by atoms with van der Waals surface area (Å²) in [7, 11) is 0. The van der Waals surface area contributed by atoms with Gasteiger partial charge in [0.25, 0.3) is 0 Å². The average molecular weight is 408 g/mol. The van der Waals surface area contributed by atoms with Gasteiger partial charge in [0, 0.05) is 13.0 Å². The molecule has 0 spiro atoms. The standard InChI is InChI=1S/C9H5F13O3/c10-3(11)4(12)24-9(21,22)6(15,7(16,17)18)25-8(19,20)5(13,14)1-2-23/h23H,1-2H2. The van der Waals surface area contributed by atoms with Crippen molar-refractivity contribution in [2.75, 3.05) is 6.61 Å². The molecule has 0 saturated carbocycles. The van der Waals surface area contributed by atoms with Crippen LogP contribution in [0.2, 0.25) is 0 Å². The average Bonchev–Trinajstić information content (AvgIpc) is 2.35. The van der Waals surface area contributed by atoms with Gasteiger partial charge in [-0.25, -0.2) is 0 Å². The summed E-state index contributed by atoms with van der Waals surface area (Å²) in [6, 6.07) is -3.81. The maximum atomic E-state index is 13.4. The third-order valence-corrected chi connectivity index (χ3v) is 2.23. The van der Waals surface area contributed by atoms with Crippen molar-refractivity contribution in [3.8, 4) is 0 Å².